The van der Waals surface area contributed by atoms with Crippen LogP contribution in [0.5, 0.6) is 5.75 Å². The fourth-order valence-electron chi connectivity index (χ4n) is 1.23. The standard InChI is InChI=1S/C10H10N2O2/c1-6(13)9-8(14-2)4-3-7(5-11)10(9)12/h3-4H,12H2,1-2H3. The average molecular weight is 190 g/mol. The molecule has 0 heterocycles. The number of Topliss-reactive ketones (excluding diaryl/α,β-unsaturated/α-hetero) is 1. The van der Waals surface area contributed by atoms with Gasteiger partial charge in [-0.3, -0.25) is 4.79 Å². The van der Waals surface area contributed by atoms with Gasteiger partial charge in [-0.1, -0.05) is 0 Å². The van der Waals surface area contributed by atoms with Crippen LogP contribution in [0.25, 0.3) is 0 Å². The number of ether oxygens (including phenoxy) is 1. The van der Waals surface area contributed by atoms with Gasteiger partial charge in [-0.25, -0.2) is 0 Å². The predicted molar refractivity (Wildman–Crippen MR) is 52.1 cm³/mol. The normalized spacial score (nSPS) is 9.21. The van der Waals surface area contributed by atoms with Crippen molar-refractivity contribution in [2.24, 2.45) is 0 Å². The lowest BCUT2D eigenvalue weighted by molar-refractivity contribution is 0.101. The van der Waals surface area contributed by atoms with Crippen molar-refractivity contribution in [2.45, 2.75) is 6.92 Å². The summed E-state index contributed by atoms with van der Waals surface area (Å²) in [4.78, 5) is 11.2. The molecule has 4 nitrogen and oxygen atoms in total. The molecule has 1 aromatic carbocycles. The Kier molecular flexibility index (Phi) is 2.73. The molecule has 0 aliphatic rings. The molecule has 14 heavy (non-hydrogen) atoms. The molecule has 0 unspecified atom stereocenters. The second-order valence-electron chi connectivity index (χ2n) is 2.77. The van der Waals surface area contributed by atoms with E-state index in [2.05, 4.69) is 0 Å². The van der Waals surface area contributed by atoms with Gasteiger partial charge < -0.3 is 10.5 Å². The van der Waals surface area contributed by atoms with E-state index in [0.717, 1.165) is 0 Å². The number of carbonyl (C=O) groups excluding carboxylic acids is 1. The highest BCUT2D eigenvalue weighted by Gasteiger charge is 2.14. The van der Waals surface area contributed by atoms with Gasteiger partial charge in [-0.15, -0.1) is 0 Å². The molecule has 0 atom stereocenters. The van der Waals surface area contributed by atoms with Crippen molar-refractivity contribution in [3.8, 4) is 11.8 Å². The van der Waals surface area contributed by atoms with Crippen molar-refractivity contribution in [1.82, 2.24) is 0 Å². The fraction of sp³-hybridized carbons (Fsp3) is 0.200. The fourth-order valence-corrected chi connectivity index (χ4v) is 1.23. The average Bonchev–Trinajstić information content (AvgIpc) is 2.16. The summed E-state index contributed by atoms with van der Waals surface area (Å²) in [6.07, 6.45) is 0. The number of nitriles is 1. The van der Waals surface area contributed by atoms with Crippen molar-refractivity contribution in [3.63, 3.8) is 0 Å². The van der Waals surface area contributed by atoms with Crippen molar-refractivity contribution >= 4 is 11.5 Å². The van der Waals surface area contributed by atoms with Gasteiger partial charge in [0.15, 0.2) is 5.78 Å². The molecule has 0 spiro atoms. The monoisotopic (exact) mass is 190 g/mol. The SMILES string of the molecule is COc1ccc(C#N)c(N)c1C(C)=O. The predicted octanol–water partition coefficient (Wildman–Crippen LogP) is 1.35. The van der Waals surface area contributed by atoms with E-state index in [0.29, 0.717) is 5.75 Å². The van der Waals surface area contributed by atoms with E-state index >= 15 is 0 Å². The first-order valence-corrected chi connectivity index (χ1v) is 3.99. The number of rotatable bonds is 2. The maximum atomic E-state index is 11.2. The minimum absolute atomic E-state index is 0.180. The minimum Gasteiger partial charge on any atom is -0.496 e. The number of nitrogens with two attached hydrogens (primary N) is 1. The van der Waals surface area contributed by atoms with Gasteiger partial charge >= 0.3 is 0 Å². The minimum atomic E-state index is -0.212. The van der Waals surface area contributed by atoms with Gasteiger partial charge in [-0.05, 0) is 19.1 Å². The third kappa shape index (κ3) is 1.52. The maximum absolute atomic E-state index is 11.2. The van der Waals surface area contributed by atoms with Crippen LogP contribution in [-0.4, -0.2) is 12.9 Å². The van der Waals surface area contributed by atoms with E-state index in [4.69, 9.17) is 15.7 Å². The number of benzene rings is 1. The van der Waals surface area contributed by atoms with Crippen LogP contribution in [0.2, 0.25) is 0 Å². The highest BCUT2D eigenvalue weighted by Crippen LogP contribution is 2.27. The number of methoxy groups -OCH3 is 1. The Balaban J connectivity index is 3.49. The summed E-state index contributed by atoms with van der Waals surface area (Å²) in [5, 5.41) is 8.71. The largest absolute Gasteiger partial charge is 0.496 e. The number of nitrogens with zero attached hydrogens (tertiary/aromatic N) is 1. The van der Waals surface area contributed by atoms with Crippen molar-refractivity contribution in [3.05, 3.63) is 23.3 Å². The van der Waals surface area contributed by atoms with Crippen molar-refractivity contribution in [2.75, 3.05) is 12.8 Å². The lowest BCUT2D eigenvalue weighted by atomic mass is 10.0. The van der Waals surface area contributed by atoms with E-state index < -0.39 is 0 Å². The summed E-state index contributed by atoms with van der Waals surface area (Å²) < 4.78 is 4.98. The topological polar surface area (TPSA) is 76.1 Å². The van der Waals surface area contributed by atoms with Crippen LogP contribution in [0.1, 0.15) is 22.8 Å². The van der Waals surface area contributed by atoms with Gasteiger partial charge in [0.25, 0.3) is 0 Å². The molecule has 0 bridgehead atoms. The van der Waals surface area contributed by atoms with E-state index in [1.807, 2.05) is 6.07 Å². The summed E-state index contributed by atoms with van der Waals surface area (Å²) in [5.41, 5.74) is 6.39. The number of hydrogen-bond acceptors (Lipinski definition) is 4. The lowest BCUT2D eigenvalue weighted by Crippen LogP contribution is -2.04. The molecule has 0 saturated carbocycles. The van der Waals surface area contributed by atoms with Crippen LogP contribution in [-0.2, 0) is 0 Å². The number of nitrogen functional groups attached to an aromatic ring is 1. The van der Waals surface area contributed by atoms with Crippen molar-refractivity contribution < 1.29 is 9.53 Å². The Bertz CT molecular complexity index is 419. The van der Waals surface area contributed by atoms with Crippen LogP contribution in [0.4, 0.5) is 5.69 Å². The maximum Gasteiger partial charge on any atom is 0.165 e. The Morgan fingerprint density at radius 1 is 1.57 bits per heavy atom. The van der Waals surface area contributed by atoms with E-state index in [-0.39, 0.29) is 22.6 Å². The number of carbonyl (C=O) groups is 1. The molecule has 1 aromatic rings. The van der Waals surface area contributed by atoms with E-state index in [9.17, 15) is 4.79 Å². The first kappa shape index (κ1) is 10.1. The number of ketones is 1. The summed E-state index contributed by atoms with van der Waals surface area (Å²) in [6, 6.07) is 5.00. The zero-order valence-electron chi connectivity index (χ0n) is 8.00. The smallest absolute Gasteiger partial charge is 0.165 e. The molecule has 0 fully saturated rings. The third-order valence-electron chi connectivity index (χ3n) is 1.90. The van der Waals surface area contributed by atoms with E-state index in [1.165, 1.54) is 20.1 Å². The molecule has 0 saturated heterocycles. The van der Waals surface area contributed by atoms with Crippen LogP contribution >= 0.6 is 0 Å². The second kappa shape index (κ2) is 3.79. The van der Waals surface area contributed by atoms with Crippen LogP contribution in [0, 0.1) is 11.3 Å². The molecule has 4 heteroatoms. The van der Waals surface area contributed by atoms with Crippen molar-refractivity contribution in [1.29, 1.82) is 5.26 Å². The molecular weight excluding hydrogens is 180 g/mol. The summed E-state index contributed by atoms with van der Waals surface area (Å²) >= 11 is 0. The zero-order chi connectivity index (χ0) is 10.7. The molecule has 0 aliphatic carbocycles. The second-order valence-corrected chi connectivity index (χ2v) is 2.77. The molecule has 0 aliphatic heterocycles. The van der Waals surface area contributed by atoms with Gasteiger partial charge in [0.2, 0.25) is 0 Å². The summed E-state index contributed by atoms with van der Waals surface area (Å²) in [6.45, 7) is 1.38. The Morgan fingerprint density at radius 2 is 2.21 bits per heavy atom. The molecular formula is C10H10N2O2. The lowest BCUT2D eigenvalue weighted by Gasteiger charge is -2.09. The Labute approximate surface area is 81.9 Å². The van der Waals surface area contributed by atoms with Gasteiger partial charge in [0.05, 0.1) is 23.9 Å². The summed E-state index contributed by atoms with van der Waals surface area (Å²) in [7, 11) is 1.45. The first-order valence-electron chi connectivity index (χ1n) is 3.99. The van der Waals surface area contributed by atoms with Crippen LogP contribution < -0.4 is 10.5 Å². The first-order chi connectivity index (χ1) is 6.61. The highest BCUT2D eigenvalue weighted by atomic mass is 16.5. The van der Waals surface area contributed by atoms with Gasteiger partial charge in [0, 0.05) is 0 Å². The summed E-state index contributed by atoms with van der Waals surface area (Å²) in [5.74, 6) is 0.186. The quantitative estimate of drug-likeness (QED) is 0.564. The van der Waals surface area contributed by atoms with Crippen LogP contribution in [0.3, 0.4) is 0 Å². The van der Waals surface area contributed by atoms with E-state index in [1.54, 1.807) is 6.07 Å². The van der Waals surface area contributed by atoms with Gasteiger partial charge in [-0.2, -0.15) is 5.26 Å². The third-order valence-corrected chi connectivity index (χ3v) is 1.90. The molecule has 0 amide bonds. The zero-order valence-corrected chi connectivity index (χ0v) is 8.00. The Hall–Kier alpha value is -2.02. The molecule has 0 aromatic heterocycles. The van der Waals surface area contributed by atoms with Crippen LogP contribution in [0.15, 0.2) is 12.1 Å². The highest BCUT2D eigenvalue weighted by molar-refractivity contribution is 6.02. The number of anilines is 1. The molecule has 2 N–H and O–H groups in total. The Morgan fingerprint density at radius 3 is 2.64 bits per heavy atom. The molecule has 1 rings (SSSR count). The number of hydrogen-bond donors (Lipinski definition) is 1. The van der Waals surface area contributed by atoms with Gasteiger partial charge in [0.1, 0.15) is 11.8 Å². The molecule has 72 valence electrons. The molecule has 0 radical (unpaired) electrons.